The van der Waals surface area contributed by atoms with Gasteiger partial charge in [0.15, 0.2) is 0 Å². The van der Waals surface area contributed by atoms with E-state index >= 15 is 0 Å². The molecule has 1 aliphatic carbocycles. The van der Waals surface area contributed by atoms with Crippen LogP contribution >= 0.6 is 11.6 Å². The molecule has 4 rings (SSSR count). The molecule has 0 bridgehead atoms. The molecule has 1 aromatic heterocycles. The van der Waals surface area contributed by atoms with Gasteiger partial charge in [0.2, 0.25) is 5.82 Å². The van der Waals surface area contributed by atoms with Gasteiger partial charge in [0, 0.05) is 23.7 Å². The number of fused-ring (bicyclic) bond motifs is 1. The molecule has 0 saturated carbocycles. The minimum Gasteiger partial charge on any atom is -0.489 e. The summed E-state index contributed by atoms with van der Waals surface area (Å²) < 4.78 is 11.2. The molecule has 1 atom stereocenters. The summed E-state index contributed by atoms with van der Waals surface area (Å²) in [4.78, 5) is 4.61. The Labute approximate surface area is 174 Å². The molecule has 7 heteroatoms. The number of halogens is 1. The average Bonchev–Trinajstić information content (AvgIpc) is 3.35. The first-order valence-corrected chi connectivity index (χ1v) is 10.2. The topological polar surface area (TPSA) is 80.4 Å². The standard InChI is InChI=1S/C22H24ClN3O3/c1-13(2)28-20-9-6-14(12-18(20)23)22-25-21(26-29-22)17-5-3-4-16-15(17)7-8-19(16)24-10-11-27/h3-6,9,12-13,19,24,27H,7-8,10-11H2,1-2H3/t19-/m0/s1. The second-order valence-electron chi connectivity index (χ2n) is 7.38. The van der Waals surface area contributed by atoms with Gasteiger partial charge in [-0.15, -0.1) is 0 Å². The van der Waals surface area contributed by atoms with Crippen LogP contribution in [0.5, 0.6) is 5.75 Å². The minimum absolute atomic E-state index is 0.0456. The third-order valence-electron chi connectivity index (χ3n) is 4.98. The van der Waals surface area contributed by atoms with Crippen molar-refractivity contribution in [1.82, 2.24) is 15.5 Å². The third-order valence-corrected chi connectivity index (χ3v) is 5.28. The smallest absolute Gasteiger partial charge is 0.258 e. The summed E-state index contributed by atoms with van der Waals surface area (Å²) >= 11 is 6.34. The maximum Gasteiger partial charge on any atom is 0.258 e. The number of aliphatic hydroxyl groups excluding tert-OH is 1. The van der Waals surface area contributed by atoms with Crippen molar-refractivity contribution in [3.8, 4) is 28.6 Å². The molecule has 0 spiro atoms. The van der Waals surface area contributed by atoms with Crippen molar-refractivity contribution >= 4 is 11.6 Å². The molecule has 2 aromatic carbocycles. The van der Waals surface area contributed by atoms with Crippen LogP contribution in [0.2, 0.25) is 5.02 Å². The number of aliphatic hydroxyl groups is 1. The summed E-state index contributed by atoms with van der Waals surface area (Å²) in [5, 5.41) is 17.2. The lowest BCUT2D eigenvalue weighted by molar-refractivity contribution is 0.242. The predicted molar refractivity (Wildman–Crippen MR) is 112 cm³/mol. The highest BCUT2D eigenvalue weighted by atomic mass is 35.5. The lowest BCUT2D eigenvalue weighted by Crippen LogP contribution is -2.22. The monoisotopic (exact) mass is 413 g/mol. The molecule has 1 heterocycles. The zero-order valence-electron chi connectivity index (χ0n) is 16.5. The molecule has 6 nitrogen and oxygen atoms in total. The van der Waals surface area contributed by atoms with E-state index in [-0.39, 0.29) is 18.8 Å². The Morgan fingerprint density at radius 1 is 1.31 bits per heavy atom. The quantitative estimate of drug-likeness (QED) is 0.597. The average molecular weight is 414 g/mol. The molecule has 0 unspecified atom stereocenters. The van der Waals surface area contributed by atoms with Gasteiger partial charge >= 0.3 is 0 Å². The van der Waals surface area contributed by atoms with Gasteiger partial charge in [-0.05, 0) is 56.0 Å². The van der Waals surface area contributed by atoms with E-state index in [9.17, 15) is 0 Å². The van der Waals surface area contributed by atoms with E-state index in [0.29, 0.717) is 29.0 Å². The Morgan fingerprint density at radius 2 is 2.17 bits per heavy atom. The molecule has 0 amide bonds. The zero-order valence-corrected chi connectivity index (χ0v) is 17.2. The summed E-state index contributed by atoms with van der Waals surface area (Å²) in [6.07, 6.45) is 1.97. The van der Waals surface area contributed by atoms with E-state index in [0.717, 1.165) is 24.0 Å². The fraction of sp³-hybridized carbons (Fsp3) is 0.364. The van der Waals surface area contributed by atoms with Crippen molar-refractivity contribution in [3.05, 3.63) is 52.5 Å². The molecule has 0 radical (unpaired) electrons. The number of nitrogens with one attached hydrogen (secondary N) is 1. The molecule has 152 valence electrons. The fourth-order valence-electron chi connectivity index (χ4n) is 3.75. The number of hydrogen-bond acceptors (Lipinski definition) is 6. The molecule has 3 aromatic rings. The highest BCUT2D eigenvalue weighted by Crippen LogP contribution is 2.37. The van der Waals surface area contributed by atoms with Crippen LogP contribution in [0.4, 0.5) is 0 Å². The van der Waals surface area contributed by atoms with Gasteiger partial charge in [0.05, 0.1) is 17.7 Å². The first-order valence-electron chi connectivity index (χ1n) is 9.83. The first kappa shape index (κ1) is 19.9. The van der Waals surface area contributed by atoms with Gasteiger partial charge in [-0.25, -0.2) is 0 Å². The number of hydrogen-bond donors (Lipinski definition) is 2. The predicted octanol–water partition coefficient (Wildman–Crippen LogP) is 4.41. The highest BCUT2D eigenvalue weighted by Gasteiger charge is 2.26. The van der Waals surface area contributed by atoms with Crippen LogP contribution in [0.3, 0.4) is 0 Å². The molecule has 0 aliphatic heterocycles. The number of benzene rings is 2. The lowest BCUT2D eigenvalue weighted by Gasteiger charge is -2.13. The summed E-state index contributed by atoms with van der Waals surface area (Å²) in [7, 11) is 0. The van der Waals surface area contributed by atoms with Crippen molar-refractivity contribution in [1.29, 1.82) is 0 Å². The maximum atomic E-state index is 9.09. The SMILES string of the molecule is CC(C)Oc1ccc(-c2nc(-c3cccc4c3CC[C@@H]4NCCO)no2)cc1Cl. The van der Waals surface area contributed by atoms with Crippen molar-refractivity contribution in [3.63, 3.8) is 0 Å². The first-order chi connectivity index (χ1) is 14.1. The van der Waals surface area contributed by atoms with E-state index in [1.54, 1.807) is 6.07 Å². The fourth-order valence-corrected chi connectivity index (χ4v) is 3.97. The summed E-state index contributed by atoms with van der Waals surface area (Å²) in [6.45, 7) is 4.62. The van der Waals surface area contributed by atoms with Crippen molar-refractivity contribution in [2.45, 2.75) is 38.8 Å². The van der Waals surface area contributed by atoms with Crippen LogP contribution in [-0.4, -0.2) is 34.5 Å². The van der Waals surface area contributed by atoms with Crippen molar-refractivity contribution in [2.75, 3.05) is 13.2 Å². The van der Waals surface area contributed by atoms with Gasteiger partial charge in [-0.2, -0.15) is 4.98 Å². The normalized spacial score (nSPS) is 15.7. The molecule has 2 N–H and O–H groups in total. The van der Waals surface area contributed by atoms with E-state index in [4.69, 9.17) is 26.0 Å². The number of nitrogens with zero attached hydrogens (tertiary/aromatic N) is 2. The van der Waals surface area contributed by atoms with Crippen LogP contribution in [0, 0.1) is 0 Å². The summed E-state index contributed by atoms with van der Waals surface area (Å²) in [5.41, 5.74) is 4.20. The molecule has 0 saturated heterocycles. The van der Waals surface area contributed by atoms with Gasteiger partial charge in [-0.1, -0.05) is 35.0 Å². The van der Waals surface area contributed by atoms with E-state index in [1.807, 2.05) is 38.1 Å². The summed E-state index contributed by atoms with van der Waals surface area (Å²) in [5.74, 6) is 1.62. The second kappa shape index (κ2) is 8.53. The van der Waals surface area contributed by atoms with E-state index < -0.39 is 0 Å². The van der Waals surface area contributed by atoms with Gasteiger partial charge in [0.1, 0.15) is 5.75 Å². The molecule has 29 heavy (non-hydrogen) atoms. The maximum absolute atomic E-state index is 9.09. The van der Waals surface area contributed by atoms with E-state index in [2.05, 4.69) is 21.5 Å². The molecule has 0 fully saturated rings. The van der Waals surface area contributed by atoms with Crippen LogP contribution < -0.4 is 10.1 Å². The van der Waals surface area contributed by atoms with Gasteiger partial charge in [0.25, 0.3) is 5.89 Å². The minimum atomic E-state index is 0.0456. The van der Waals surface area contributed by atoms with Gasteiger partial charge in [-0.3, -0.25) is 0 Å². The molecule has 1 aliphatic rings. The second-order valence-corrected chi connectivity index (χ2v) is 7.78. The summed E-state index contributed by atoms with van der Waals surface area (Å²) in [6, 6.07) is 11.9. The van der Waals surface area contributed by atoms with E-state index in [1.165, 1.54) is 11.1 Å². The van der Waals surface area contributed by atoms with Gasteiger partial charge < -0.3 is 19.7 Å². The molecular weight excluding hydrogens is 390 g/mol. The largest absolute Gasteiger partial charge is 0.489 e. The Bertz CT molecular complexity index is 1000. The van der Waals surface area contributed by atoms with Crippen molar-refractivity contribution in [2.24, 2.45) is 0 Å². The van der Waals surface area contributed by atoms with Crippen molar-refractivity contribution < 1.29 is 14.4 Å². The zero-order chi connectivity index (χ0) is 20.4. The Morgan fingerprint density at radius 3 is 2.93 bits per heavy atom. The number of rotatable bonds is 7. The number of aromatic nitrogens is 2. The Hall–Kier alpha value is -2.41. The van der Waals surface area contributed by atoms with Crippen LogP contribution in [0.15, 0.2) is 40.9 Å². The van der Waals surface area contributed by atoms with Crippen LogP contribution in [0.25, 0.3) is 22.8 Å². The van der Waals surface area contributed by atoms with Crippen LogP contribution in [0.1, 0.15) is 37.4 Å². The Balaban J connectivity index is 1.61. The molecular formula is C22H24ClN3O3. The third kappa shape index (κ3) is 4.15. The highest BCUT2D eigenvalue weighted by molar-refractivity contribution is 6.32. The van der Waals surface area contributed by atoms with Crippen LogP contribution in [-0.2, 0) is 6.42 Å². The number of ether oxygens (including phenoxy) is 1. The lowest BCUT2D eigenvalue weighted by atomic mass is 10.0. The Kier molecular flexibility index (Phi) is 5.85.